The van der Waals surface area contributed by atoms with Gasteiger partial charge in [-0.3, -0.25) is 4.90 Å². The highest BCUT2D eigenvalue weighted by atomic mass is 32.2. The highest BCUT2D eigenvalue weighted by Gasteiger charge is 2.38. The molecule has 8 nitrogen and oxygen atoms in total. The summed E-state index contributed by atoms with van der Waals surface area (Å²) in [6, 6.07) is 12.3. The number of fused-ring (bicyclic) bond motifs is 3. The van der Waals surface area contributed by atoms with E-state index in [0.717, 1.165) is 32.0 Å². The zero-order valence-corrected chi connectivity index (χ0v) is 17.6. The van der Waals surface area contributed by atoms with Gasteiger partial charge in [0.15, 0.2) is 0 Å². The average molecular weight is 445 g/mol. The van der Waals surface area contributed by atoms with Crippen molar-refractivity contribution in [3.63, 3.8) is 0 Å². The second kappa shape index (κ2) is 8.78. The minimum atomic E-state index is -4.18. The highest BCUT2D eigenvalue weighted by molar-refractivity contribution is 7.89. The van der Waals surface area contributed by atoms with E-state index in [1.54, 1.807) is 30.3 Å². The molecule has 0 aromatic heterocycles. The second-order valence-electron chi connectivity index (χ2n) is 7.91. The summed E-state index contributed by atoms with van der Waals surface area (Å²) in [5.74, 6) is -1.62. The predicted molar refractivity (Wildman–Crippen MR) is 112 cm³/mol. The van der Waals surface area contributed by atoms with Crippen LogP contribution in [0.5, 0.6) is 0 Å². The smallest absolute Gasteiger partial charge is 0.335 e. The highest BCUT2D eigenvalue weighted by Crippen LogP contribution is 2.31. The van der Waals surface area contributed by atoms with Crippen molar-refractivity contribution in [1.29, 1.82) is 0 Å². The lowest BCUT2D eigenvalue weighted by atomic mass is 9.86. The van der Waals surface area contributed by atoms with E-state index in [9.17, 15) is 18.0 Å². The largest absolute Gasteiger partial charge is 0.478 e. The van der Waals surface area contributed by atoms with Crippen molar-refractivity contribution in [1.82, 2.24) is 9.62 Å². The molecule has 164 valence electrons. The topological polar surface area (TPSA) is 113 Å². The maximum atomic E-state index is 13.1. The summed E-state index contributed by atoms with van der Waals surface area (Å²) in [5.41, 5.74) is 0.292. The number of carboxylic acids is 1. The van der Waals surface area contributed by atoms with E-state index >= 15 is 0 Å². The van der Waals surface area contributed by atoms with Crippen molar-refractivity contribution in [2.24, 2.45) is 5.92 Å². The molecular weight excluding hydrogens is 420 g/mol. The van der Waals surface area contributed by atoms with Gasteiger partial charge in [-0.1, -0.05) is 36.4 Å². The van der Waals surface area contributed by atoms with Gasteiger partial charge in [0, 0.05) is 6.54 Å². The summed E-state index contributed by atoms with van der Waals surface area (Å²) in [6.45, 7) is 2.64. The van der Waals surface area contributed by atoms with Gasteiger partial charge < -0.3 is 9.84 Å². The summed E-state index contributed by atoms with van der Waals surface area (Å²) in [5, 5.41) is 9.16. The monoisotopic (exact) mass is 444 g/mol. The van der Waals surface area contributed by atoms with Crippen LogP contribution >= 0.6 is 0 Å². The first kappa shape index (κ1) is 21.5. The van der Waals surface area contributed by atoms with Crippen LogP contribution in [-0.2, 0) is 19.6 Å². The third-order valence-corrected chi connectivity index (χ3v) is 7.32. The molecule has 3 aliphatic heterocycles. The number of sulfonamides is 1. The van der Waals surface area contributed by atoms with Gasteiger partial charge >= 0.3 is 11.9 Å². The molecule has 3 heterocycles. The van der Waals surface area contributed by atoms with Crippen LogP contribution in [0.15, 0.2) is 59.5 Å². The zero-order chi connectivity index (χ0) is 22.0. The fraction of sp³-hybridized carbons (Fsp3) is 0.364. The molecule has 3 fully saturated rings. The van der Waals surface area contributed by atoms with Crippen LogP contribution in [0, 0.1) is 5.92 Å². The number of nitrogens with zero attached hydrogens (tertiary/aromatic N) is 1. The molecule has 2 N–H and O–H groups in total. The van der Waals surface area contributed by atoms with Crippen molar-refractivity contribution in [3.8, 4) is 0 Å². The van der Waals surface area contributed by atoms with E-state index in [4.69, 9.17) is 9.84 Å². The van der Waals surface area contributed by atoms with Gasteiger partial charge in [0.1, 0.15) is 12.1 Å². The molecule has 2 bridgehead atoms. The Balaban J connectivity index is 1.59. The molecule has 0 saturated carbocycles. The molecule has 9 heteroatoms. The third kappa shape index (κ3) is 4.79. The van der Waals surface area contributed by atoms with Crippen molar-refractivity contribution >= 4 is 22.0 Å². The first-order chi connectivity index (χ1) is 14.8. The zero-order valence-electron chi connectivity index (χ0n) is 16.8. The summed E-state index contributed by atoms with van der Waals surface area (Å²) in [6.07, 6.45) is 1.66. The van der Waals surface area contributed by atoms with Crippen LogP contribution in [0.4, 0.5) is 0 Å². The molecule has 31 heavy (non-hydrogen) atoms. The van der Waals surface area contributed by atoms with Crippen LogP contribution in [0.2, 0.25) is 0 Å². The summed E-state index contributed by atoms with van der Waals surface area (Å²) in [4.78, 5) is 26.3. The number of ether oxygens (including phenoxy) is 1. The van der Waals surface area contributed by atoms with E-state index in [1.165, 1.54) is 18.2 Å². The molecule has 0 amide bonds. The molecule has 0 radical (unpaired) electrons. The SMILES string of the molecule is O=C(O)c1cccc(S(=O)(=O)NC(C(=O)O[C@H]2CN3CCC2CC3)c2ccccc2)c1. The number of hydrogen-bond acceptors (Lipinski definition) is 6. The van der Waals surface area contributed by atoms with Gasteiger partial charge in [0.25, 0.3) is 0 Å². The number of carbonyl (C=O) groups excluding carboxylic acids is 1. The van der Waals surface area contributed by atoms with Gasteiger partial charge in [-0.2, -0.15) is 4.72 Å². The molecule has 2 aromatic rings. The maximum absolute atomic E-state index is 13.1. The number of esters is 1. The standard InChI is InChI=1S/C22H24N2O6S/c25-21(26)17-7-4-8-18(13-17)31(28,29)23-20(16-5-2-1-3-6-16)22(27)30-19-14-24-11-9-15(19)10-12-24/h1-8,13,15,19-20,23H,9-12,14H2,(H,25,26)/t19-,20?/m0/s1. The molecule has 0 aliphatic carbocycles. The quantitative estimate of drug-likeness (QED) is 0.629. The normalized spacial score (nSPS) is 23.8. The Hall–Kier alpha value is -2.75. The Kier molecular flexibility index (Phi) is 6.08. The van der Waals surface area contributed by atoms with Crippen LogP contribution in [0.1, 0.15) is 34.8 Å². The number of hydrogen-bond donors (Lipinski definition) is 2. The molecule has 5 rings (SSSR count). The Bertz CT molecular complexity index is 1060. The van der Waals surface area contributed by atoms with E-state index in [2.05, 4.69) is 9.62 Å². The van der Waals surface area contributed by atoms with Crippen LogP contribution in [-0.4, -0.2) is 56.1 Å². The lowest BCUT2D eigenvalue weighted by Gasteiger charge is -2.44. The number of carboxylic acid groups (broad SMARTS) is 1. The Labute approximate surface area is 180 Å². The number of nitrogens with one attached hydrogen (secondary N) is 1. The molecule has 2 atom stereocenters. The van der Waals surface area contributed by atoms with Crippen LogP contribution in [0.25, 0.3) is 0 Å². The van der Waals surface area contributed by atoms with Gasteiger partial charge in [-0.15, -0.1) is 0 Å². The molecule has 2 aromatic carbocycles. The van der Waals surface area contributed by atoms with Crippen LogP contribution < -0.4 is 4.72 Å². The Morgan fingerprint density at radius 3 is 2.39 bits per heavy atom. The summed E-state index contributed by atoms with van der Waals surface area (Å²) in [7, 11) is -4.18. The fourth-order valence-corrected chi connectivity index (χ4v) is 5.40. The summed E-state index contributed by atoms with van der Waals surface area (Å²) < 4.78 is 34.2. The molecule has 1 unspecified atom stereocenters. The molecule has 3 saturated heterocycles. The summed E-state index contributed by atoms with van der Waals surface area (Å²) >= 11 is 0. The van der Waals surface area contributed by atoms with Gasteiger partial charge in [0.2, 0.25) is 10.0 Å². The first-order valence-corrected chi connectivity index (χ1v) is 11.7. The van der Waals surface area contributed by atoms with E-state index in [-0.39, 0.29) is 22.5 Å². The van der Waals surface area contributed by atoms with E-state index in [1.807, 2.05) is 0 Å². The number of carbonyl (C=O) groups is 2. The number of piperidine rings is 3. The maximum Gasteiger partial charge on any atom is 0.335 e. The average Bonchev–Trinajstić information content (AvgIpc) is 2.79. The van der Waals surface area contributed by atoms with Crippen molar-refractivity contribution in [3.05, 3.63) is 65.7 Å². The second-order valence-corrected chi connectivity index (χ2v) is 9.63. The fourth-order valence-electron chi connectivity index (χ4n) is 4.18. The van der Waals surface area contributed by atoms with E-state index < -0.39 is 28.0 Å². The van der Waals surface area contributed by atoms with Gasteiger partial charge in [-0.05, 0) is 55.6 Å². The lowest BCUT2D eigenvalue weighted by molar-refractivity contribution is -0.161. The first-order valence-electron chi connectivity index (χ1n) is 10.2. The number of rotatable bonds is 7. The molecule has 0 spiro atoms. The van der Waals surface area contributed by atoms with Crippen molar-refractivity contribution in [2.75, 3.05) is 19.6 Å². The number of aromatic carboxylic acids is 1. The number of benzene rings is 2. The Morgan fingerprint density at radius 2 is 1.77 bits per heavy atom. The lowest BCUT2D eigenvalue weighted by Crippen LogP contribution is -2.52. The van der Waals surface area contributed by atoms with E-state index in [0.29, 0.717) is 12.1 Å². The van der Waals surface area contributed by atoms with Gasteiger partial charge in [-0.25, -0.2) is 18.0 Å². The Morgan fingerprint density at radius 1 is 1.06 bits per heavy atom. The minimum absolute atomic E-state index is 0.158. The van der Waals surface area contributed by atoms with Crippen molar-refractivity contribution in [2.45, 2.75) is 29.9 Å². The van der Waals surface area contributed by atoms with Gasteiger partial charge in [0.05, 0.1) is 10.5 Å². The van der Waals surface area contributed by atoms with Crippen LogP contribution in [0.3, 0.4) is 0 Å². The predicted octanol–water partition coefficient (Wildman–Crippen LogP) is 2.04. The minimum Gasteiger partial charge on any atom is -0.478 e. The molecule has 3 aliphatic rings. The molecular formula is C22H24N2O6S. The third-order valence-electron chi connectivity index (χ3n) is 5.90. The van der Waals surface area contributed by atoms with Crippen molar-refractivity contribution < 1.29 is 27.9 Å².